The number of carbonyl (C=O) groups excluding carboxylic acids is 2. The zero-order valence-electron chi connectivity index (χ0n) is 17.7. The van der Waals surface area contributed by atoms with Gasteiger partial charge in [0.05, 0.1) is 11.3 Å². The molecule has 0 aliphatic heterocycles. The van der Waals surface area contributed by atoms with Crippen LogP contribution < -0.4 is 10.6 Å². The molecule has 0 unspecified atom stereocenters. The second-order valence-electron chi connectivity index (χ2n) is 7.68. The maximum Gasteiger partial charge on any atom is 0.407 e. The Hall–Kier alpha value is -4.20. The predicted octanol–water partition coefficient (Wildman–Crippen LogP) is 4.39. The molecule has 8 heteroatoms. The van der Waals surface area contributed by atoms with Crippen molar-refractivity contribution < 1.29 is 28.6 Å². The van der Waals surface area contributed by atoms with E-state index in [-0.39, 0.29) is 23.8 Å². The Labute approximate surface area is 189 Å². The summed E-state index contributed by atoms with van der Waals surface area (Å²) in [6.07, 6.45) is -0.777. The van der Waals surface area contributed by atoms with E-state index in [9.17, 15) is 18.8 Å². The van der Waals surface area contributed by atoms with Crippen molar-refractivity contribution in [2.45, 2.75) is 18.9 Å². The van der Waals surface area contributed by atoms with Gasteiger partial charge in [-0.1, -0.05) is 48.5 Å². The second-order valence-corrected chi connectivity index (χ2v) is 7.68. The molecule has 2 amide bonds. The first kappa shape index (κ1) is 22.0. The van der Waals surface area contributed by atoms with E-state index in [1.165, 1.54) is 13.0 Å². The fourth-order valence-corrected chi connectivity index (χ4v) is 3.87. The Morgan fingerprint density at radius 2 is 1.61 bits per heavy atom. The molecule has 4 rings (SSSR count). The molecule has 0 spiro atoms. The number of rotatable bonds is 6. The van der Waals surface area contributed by atoms with E-state index >= 15 is 0 Å². The molecule has 3 aromatic carbocycles. The minimum Gasteiger partial charge on any atom is -0.478 e. The molecule has 0 bridgehead atoms. The normalized spacial score (nSPS) is 12.9. The summed E-state index contributed by atoms with van der Waals surface area (Å²) in [5, 5.41) is 13.7. The van der Waals surface area contributed by atoms with Crippen molar-refractivity contribution in [3.63, 3.8) is 0 Å². The number of carboxylic acids is 1. The number of carboxylic acid groups (broad SMARTS) is 1. The zero-order valence-corrected chi connectivity index (χ0v) is 17.7. The summed E-state index contributed by atoms with van der Waals surface area (Å²) in [6, 6.07) is 18.0. The third-order valence-corrected chi connectivity index (χ3v) is 5.55. The van der Waals surface area contributed by atoms with E-state index < -0.39 is 29.8 Å². The third kappa shape index (κ3) is 4.55. The van der Waals surface area contributed by atoms with Gasteiger partial charge >= 0.3 is 12.1 Å². The van der Waals surface area contributed by atoms with E-state index in [4.69, 9.17) is 9.84 Å². The number of alkyl carbamates (subject to hydrolysis) is 1. The van der Waals surface area contributed by atoms with Crippen LogP contribution in [0.15, 0.2) is 66.7 Å². The molecule has 0 aromatic heterocycles. The first-order valence-electron chi connectivity index (χ1n) is 10.3. The molecular weight excluding hydrogens is 427 g/mol. The van der Waals surface area contributed by atoms with Gasteiger partial charge in [0, 0.05) is 5.92 Å². The van der Waals surface area contributed by atoms with Crippen molar-refractivity contribution >= 4 is 23.7 Å². The van der Waals surface area contributed by atoms with Crippen molar-refractivity contribution in [1.29, 1.82) is 0 Å². The summed E-state index contributed by atoms with van der Waals surface area (Å²) in [6.45, 7) is 1.53. The van der Waals surface area contributed by atoms with Crippen LogP contribution in [0.2, 0.25) is 0 Å². The summed E-state index contributed by atoms with van der Waals surface area (Å²) < 4.78 is 19.4. The number of carbonyl (C=O) groups is 3. The van der Waals surface area contributed by atoms with Crippen LogP contribution in [0.25, 0.3) is 11.1 Å². The maximum atomic E-state index is 14.0. The van der Waals surface area contributed by atoms with Crippen LogP contribution in [0.1, 0.15) is 34.3 Å². The minimum atomic E-state index is -1.28. The number of benzene rings is 3. The number of hydrogen-bond donors (Lipinski definition) is 3. The van der Waals surface area contributed by atoms with Crippen molar-refractivity contribution in [2.75, 3.05) is 11.9 Å². The zero-order chi connectivity index (χ0) is 23.5. The minimum absolute atomic E-state index is 0.0967. The number of amides is 2. The molecule has 1 aliphatic rings. The smallest absolute Gasteiger partial charge is 0.407 e. The Kier molecular flexibility index (Phi) is 6.08. The van der Waals surface area contributed by atoms with Crippen LogP contribution >= 0.6 is 0 Å². The molecule has 7 nitrogen and oxygen atoms in total. The standard InChI is InChI=1S/C25H21FN2O5/c1-14(23(29)28-22-11-10-15(24(30)31)12-21(22)26)27-25(32)33-13-20-18-8-4-2-6-16(18)17-7-3-5-9-19(17)20/h2-12,14,20H,13H2,1H3,(H,27,32)(H,28,29)(H,30,31)/t14-/m1/s1. The Bertz CT molecular complexity index is 1200. The lowest BCUT2D eigenvalue weighted by molar-refractivity contribution is -0.117. The predicted molar refractivity (Wildman–Crippen MR) is 120 cm³/mol. The summed E-state index contributed by atoms with van der Waals surface area (Å²) in [5.74, 6) is -2.96. The number of hydrogen-bond acceptors (Lipinski definition) is 4. The fourth-order valence-electron chi connectivity index (χ4n) is 3.87. The molecular formula is C25H21FN2O5. The van der Waals surface area contributed by atoms with Gasteiger partial charge in [-0.2, -0.15) is 0 Å². The average molecular weight is 448 g/mol. The summed E-state index contributed by atoms with van der Waals surface area (Å²) >= 11 is 0. The topological polar surface area (TPSA) is 105 Å². The number of nitrogens with one attached hydrogen (secondary N) is 2. The van der Waals surface area contributed by atoms with E-state index in [0.717, 1.165) is 34.4 Å². The highest BCUT2D eigenvalue weighted by Gasteiger charge is 2.29. The molecule has 168 valence electrons. The van der Waals surface area contributed by atoms with Gasteiger partial charge in [-0.25, -0.2) is 14.0 Å². The van der Waals surface area contributed by atoms with Gasteiger partial charge < -0.3 is 20.5 Å². The van der Waals surface area contributed by atoms with Crippen molar-refractivity contribution in [1.82, 2.24) is 5.32 Å². The number of halogens is 1. The maximum absolute atomic E-state index is 14.0. The first-order valence-corrected chi connectivity index (χ1v) is 10.3. The SMILES string of the molecule is C[C@@H](NC(=O)OCC1c2ccccc2-c2ccccc21)C(=O)Nc1ccc(C(=O)O)cc1F. The summed E-state index contributed by atoms with van der Waals surface area (Å²) in [5.41, 5.74) is 3.91. The summed E-state index contributed by atoms with van der Waals surface area (Å²) in [4.78, 5) is 35.6. The highest BCUT2D eigenvalue weighted by molar-refractivity contribution is 5.97. The lowest BCUT2D eigenvalue weighted by atomic mass is 9.98. The lowest BCUT2D eigenvalue weighted by Crippen LogP contribution is -2.42. The molecule has 1 atom stereocenters. The van der Waals surface area contributed by atoms with Gasteiger partial charge in [0.1, 0.15) is 18.5 Å². The van der Waals surface area contributed by atoms with Crippen LogP contribution in [-0.2, 0) is 9.53 Å². The van der Waals surface area contributed by atoms with Crippen LogP contribution in [-0.4, -0.2) is 35.7 Å². The summed E-state index contributed by atoms with van der Waals surface area (Å²) in [7, 11) is 0. The molecule has 3 N–H and O–H groups in total. The van der Waals surface area contributed by atoms with Gasteiger partial charge in [0.2, 0.25) is 5.91 Å². The van der Waals surface area contributed by atoms with Crippen molar-refractivity contribution in [2.24, 2.45) is 0 Å². The van der Waals surface area contributed by atoms with E-state index in [2.05, 4.69) is 10.6 Å². The molecule has 0 fully saturated rings. The largest absolute Gasteiger partial charge is 0.478 e. The van der Waals surface area contributed by atoms with Gasteiger partial charge in [0.15, 0.2) is 0 Å². The molecule has 33 heavy (non-hydrogen) atoms. The highest BCUT2D eigenvalue weighted by Crippen LogP contribution is 2.44. The average Bonchev–Trinajstić information content (AvgIpc) is 3.12. The number of anilines is 1. The van der Waals surface area contributed by atoms with Crippen LogP contribution in [0.4, 0.5) is 14.9 Å². The highest BCUT2D eigenvalue weighted by atomic mass is 19.1. The fraction of sp³-hybridized carbons (Fsp3) is 0.160. The quantitative estimate of drug-likeness (QED) is 0.519. The molecule has 3 aromatic rings. The van der Waals surface area contributed by atoms with Gasteiger partial charge in [-0.3, -0.25) is 4.79 Å². The second kappa shape index (κ2) is 9.12. The third-order valence-electron chi connectivity index (χ3n) is 5.55. The molecule has 0 saturated carbocycles. The van der Waals surface area contributed by atoms with Crippen molar-refractivity contribution in [3.05, 3.63) is 89.2 Å². The number of aromatic carboxylic acids is 1. The first-order chi connectivity index (χ1) is 15.8. The lowest BCUT2D eigenvalue weighted by Gasteiger charge is -2.17. The van der Waals surface area contributed by atoms with E-state index in [0.29, 0.717) is 0 Å². The Balaban J connectivity index is 1.36. The van der Waals surface area contributed by atoms with Crippen LogP contribution in [0, 0.1) is 5.82 Å². The molecule has 1 aliphatic carbocycles. The molecule has 0 heterocycles. The van der Waals surface area contributed by atoms with Gasteiger partial charge in [0.25, 0.3) is 0 Å². The van der Waals surface area contributed by atoms with Crippen molar-refractivity contribution in [3.8, 4) is 11.1 Å². The van der Waals surface area contributed by atoms with E-state index in [1.807, 2.05) is 48.5 Å². The van der Waals surface area contributed by atoms with E-state index in [1.54, 1.807) is 0 Å². The Morgan fingerprint density at radius 1 is 1.00 bits per heavy atom. The Morgan fingerprint density at radius 3 is 2.18 bits per heavy atom. The number of fused-ring (bicyclic) bond motifs is 3. The van der Waals surface area contributed by atoms with Gasteiger partial charge in [-0.15, -0.1) is 0 Å². The molecule has 0 saturated heterocycles. The monoisotopic (exact) mass is 448 g/mol. The molecule has 0 radical (unpaired) electrons. The van der Waals surface area contributed by atoms with Crippen LogP contribution in [0.3, 0.4) is 0 Å². The van der Waals surface area contributed by atoms with Gasteiger partial charge in [-0.05, 0) is 47.4 Å². The number of ether oxygens (including phenoxy) is 1. The van der Waals surface area contributed by atoms with Crippen LogP contribution in [0.5, 0.6) is 0 Å².